The number of hydrogen-bond acceptors (Lipinski definition) is 5. The van der Waals surface area contributed by atoms with Crippen LogP contribution >= 0.6 is 11.8 Å². The fourth-order valence-electron chi connectivity index (χ4n) is 1.27. The number of ether oxygens (including phenoxy) is 1. The SMILES string of the molecule is CC(O)c1ccnc(SCC(=O)OC(C)(C)C)c1. The summed E-state index contributed by atoms with van der Waals surface area (Å²) in [5, 5.41) is 10.2. The lowest BCUT2D eigenvalue weighted by atomic mass is 10.2. The summed E-state index contributed by atoms with van der Waals surface area (Å²) in [6, 6.07) is 3.53. The van der Waals surface area contributed by atoms with E-state index >= 15 is 0 Å². The summed E-state index contributed by atoms with van der Waals surface area (Å²) in [5.74, 6) is -0.0511. The lowest BCUT2D eigenvalue weighted by Gasteiger charge is -2.19. The van der Waals surface area contributed by atoms with Crippen LogP contribution in [0.5, 0.6) is 0 Å². The van der Waals surface area contributed by atoms with Crippen molar-refractivity contribution in [1.82, 2.24) is 4.98 Å². The van der Waals surface area contributed by atoms with Crippen LogP contribution < -0.4 is 0 Å². The van der Waals surface area contributed by atoms with Crippen molar-refractivity contribution < 1.29 is 14.6 Å². The Morgan fingerprint density at radius 3 is 2.78 bits per heavy atom. The van der Waals surface area contributed by atoms with E-state index in [4.69, 9.17) is 4.74 Å². The highest BCUT2D eigenvalue weighted by molar-refractivity contribution is 7.99. The number of hydrogen-bond donors (Lipinski definition) is 1. The van der Waals surface area contributed by atoms with Crippen LogP contribution in [0.25, 0.3) is 0 Å². The van der Waals surface area contributed by atoms with Gasteiger partial charge in [0, 0.05) is 6.20 Å². The second kappa shape index (κ2) is 6.20. The second-order valence-corrected chi connectivity index (χ2v) is 5.97. The smallest absolute Gasteiger partial charge is 0.316 e. The summed E-state index contributed by atoms with van der Waals surface area (Å²) >= 11 is 1.30. The molecular weight excluding hydrogens is 250 g/mol. The Bertz CT molecular complexity index is 413. The number of aliphatic hydroxyl groups excluding tert-OH is 1. The Morgan fingerprint density at radius 2 is 2.22 bits per heavy atom. The molecule has 0 amide bonds. The van der Waals surface area contributed by atoms with Crippen molar-refractivity contribution in [2.75, 3.05) is 5.75 Å². The Kier molecular flexibility index (Phi) is 5.16. The molecule has 0 aromatic carbocycles. The molecule has 1 atom stereocenters. The van der Waals surface area contributed by atoms with Gasteiger partial charge in [0.15, 0.2) is 0 Å². The minimum atomic E-state index is -0.533. The zero-order valence-electron chi connectivity index (χ0n) is 11.1. The molecule has 5 heteroatoms. The second-order valence-electron chi connectivity index (χ2n) is 4.98. The van der Waals surface area contributed by atoms with Crippen LogP contribution in [0.2, 0.25) is 0 Å². The molecule has 0 saturated heterocycles. The van der Waals surface area contributed by atoms with Gasteiger partial charge in [-0.2, -0.15) is 0 Å². The molecule has 1 rings (SSSR count). The predicted octanol–water partition coefficient (Wildman–Crippen LogP) is 2.57. The molecule has 0 aliphatic carbocycles. The summed E-state index contributed by atoms with van der Waals surface area (Å²) in [6.45, 7) is 7.20. The number of aliphatic hydroxyl groups is 1. The van der Waals surface area contributed by atoms with E-state index in [0.29, 0.717) is 5.03 Å². The highest BCUT2D eigenvalue weighted by atomic mass is 32.2. The summed E-state index contributed by atoms with van der Waals surface area (Å²) in [4.78, 5) is 15.7. The molecule has 1 unspecified atom stereocenters. The van der Waals surface area contributed by atoms with Crippen molar-refractivity contribution >= 4 is 17.7 Å². The van der Waals surface area contributed by atoms with Gasteiger partial charge in [-0.25, -0.2) is 4.98 Å². The van der Waals surface area contributed by atoms with Gasteiger partial charge in [0.05, 0.1) is 16.9 Å². The Labute approximate surface area is 112 Å². The summed E-state index contributed by atoms with van der Waals surface area (Å²) < 4.78 is 5.20. The molecule has 0 saturated carbocycles. The van der Waals surface area contributed by atoms with Gasteiger partial charge in [0.1, 0.15) is 5.60 Å². The first-order valence-electron chi connectivity index (χ1n) is 5.76. The molecule has 0 radical (unpaired) electrons. The maximum atomic E-state index is 11.5. The average molecular weight is 269 g/mol. The molecule has 1 heterocycles. The number of esters is 1. The number of rotatable bonds is 4. The Morgan fingerprint density at radius 1 is 1.56 bits per heavy atom. The fraction of sp³-hybridized carbons (Fsp3) is 0.538. The fourth-order valence-corrected chi connectivity index (χ4v) is 1.95. The minimum absolute atomic E-state index is 0.216. The van der Waals surface area contributed by atoms with Gasteiger partial charge < -0.3 is 9.84 Å². The quantitative estimate of drug-likeness (QED) is 0.672. The van der Waals surface area contributed by atoms with E-state index in [1.165, 1.54) is 11.8 Å². The first-order valence-corrected chi connectivity index (χ1v) is 6.75. The molecule has 0 aliphatic heterocycles. The minimum Gasteiger partial charge on any atom is -0.459 e. The van der Waals surface area contributed by atoms with Gasteiger partial charge in [0.25, 0.3) is 0 Å². The van der Waals surface area contributed by atoms with Gasteiger partial charge in [-0.05, 0) is 45.4 Å². The molecule has 0 spiro atoms. The highest BCUT2D eigenvalue weighted by Gasteiger charge is 2.16. The third-order valence-electron chi connectivity index (χ3n) is 2.00. The van der Waals surface area contributed by atoms with Crippen LogP contribution in [0.4, 0.5) is 0 Å². The summed E-state index contributed by atoms with van der Waals surface area (Å²) in [7, 11) is 0. The van der Waals surface area contributed by atoms with Crippen molar-refractivity contribution in [2.45, 2.75) is 44.4 Å². The van der Waals surface area contributed by atoms with Gasteiger partial charge in [-0.3, -0.25) is 4.79 Å². The van der Waals surface area contributed by atoms with Crippen molar-refractivity contribution in [2.24, 2.45) is 0 Å². The van der Waals surface area contributed by atoms with Crippen molar-refractivity contribution in [3.05, 3.63) is 23.9 Å². The zero-order valence-corrected chi connectivity index (χ0v) is 12.0. The van der Waals surface area contributed by atoms with E-state index in [-0.39, 0.29) is 11.7 Å². The average Bonchev–Trinajstić information content (AvgIpc) is 2.24. The van der Waals surface area contributed by atoms with Gasteiger partial charge in [-0.1, -0.05) is 11.8 Å². The van der Waals surface area contributed by atoms with Gasteiger partial charge in [-0.15, -0.1) is 0 Å². The number of carbonyl (C=O) groups excluding carboxylic acids is 1. The maximum absolute atomic E-state index is 11.5. The number of pyridine rings is 1. The topological polar surface area (TPSA) is 59.4 Å². The van der Waals surface area contributed by atoms with Gasteiger partial charge >= 0.3 is 5.97 Å². The first-order chi connectivity index (χ1) is 8.28. The zero-order chi connectivity index (χ0) is 13.8. The number of nitrogens with zero attached hydrogens (tertiary/aromatic N) is 1. The van der Waals surface area contributed by atoms with E-state index in [9.17, 15) is 9.90 Å². The van der Waals surface area contributed by atoms with Crippen LogP contribution in [-0.4, -0.2) is 27.4 Å². The molecule has 18 heavy (non-hydrogen) atoms. The van der Waals surface area contributed by atoms with Crippen LogP contribution in [-0.2, 0) is 9.53 Å². The third-order valence-corrected chi connectivity index (χ3v) is 2.90. The molecule has 1 aromatic heterocycles. The normalized spacial score (nSPS) is 13.2. The number of thioether (sulfide) groups is 1. The van der Waals surface area contributed by atoms with E-state index in [1.807, 2.05) is 20.8 Å². The molecule has 0 bridgehead atoms. The van der Waals surface area contributed by atoms with Crippen molar-refractivity contribution in [1.29, 1.82) is 0 Å². The molecule has 100 valence electrons. The molecule has 0 aliphatic rings. The van der Waals surface area contributed by atoms with Crippen LogP contribution in [0.3, 0.4) is 0 Å². The highest BCUT2D eigenvalue weighted by Crippen LogP contribution is 2.20. The molecule has 4 nitrogen and oxygen atoms in total. The number of carbonyl (C=O) groups is 1. The third kappa shape index (κ3) is 5.51. The molecule has 1 N–H and O–H groups in total. The van der Waals surface area contributed by atoms with Gasteiger partial charge in [0.2, 0.25) is 0 Å². The maximum Gasteiger partial charge on any atom is 0.316 e. The van der Waals surface area contributed by atoms with Crippen molar-refractivity contribution in [3.63, 3.8) is 0 Å². The predicted molar refractivity (Wildman–Crippen MR) is 71.4 cm³/mol. The van der Waals surface area contributed by atoms with Crippen LogP contribution in [0, 0.1) is 0 Å². The van der Waals surface area contributed by atoms with Crippen molar-refractivity contribution in [3.8, 4) is 0 Å². The molecule has 0 fully saturated rings. The lowest BCUT2D eigenvalue weighted by molar-refractivity contribution is -0.151. The standard InChI is InChI=1S/C13H19NO3S/c1-9(15)10-5-6-14-11(7-10)18-8-12(16)17-13(2,3)4/h5-7,9,15H,8H2,1-4H3. The van der Waals surface area contributed by atoms with Crippen LogP contribution in [0.1, 0.15) is 39.4 Å². The van der Waals surface area contributed by atoms with E-state index in [1.54, 1.807) is 25.3 Å². The number of aromatic nitrogens is 1. The Hall–Kier alpha value is -1.07. The monoisotopic (exact) mass is 269 g/mol. The molecule has 1 aromatic rings. The Balaban J connectivity index is 2.53. The lowest BCUT2D eigenvalue weighted by Crippen LogP contribution is -2.24. The largest absolute Gasteiger partial charge is 0.459 e. The van der Waals surface area contributed by atoms with E-state index in [2.05, 4.69) is 4.98 Å². The summed E-state index contributed by atoms with van der Waals surface area (Å²) in [5.41, 5.74) is 0.323. The first kappa shape index (κ1) is 15.0. The van der Waals surface area contributed by atoms with Crippen LogP contribution in [0.15, 0.2) is 23.4 Å². The molecular formula is C13H19NO3S. The van der Waals surface area contributed by atoms with E-state index < -0.39 is 11.7 Å². The summed E-state index contributed by atoms with van der Waals surface area (Å²) in [6.07, 6.45) is 1.09. The van der Waals surface area contributed by atoms with E-state index in [0.717, 1.165) is 5.56 Å².